The lowest BCUT2D eigenvalue weighted by atomic mass is 9.92. The van der Waals surface area contributed by atoms with Crippen molar-refractivity contribution in [1.29, 1.82) is 0 Å². The topological polar surface area (TPSA) is 12.0 Å². The maximum absolute atomic E-state index is 3.45. The fourth-order valence-electron chi connectivity index (χ4n) is 1.18. The van der Waals surface area contributed by atoms with E-state index in [2.05, 4.69) is 54.2 Å². The molecule has 0 fully saturated rings. The third-order valence-corrected chi connectivity index (χ3v) is 2.52. The van der Waals surface area contributed by atoms with Gasteiger partial charge in [0, 0.05) is 16.7 Å². The van der Waals surface area contributed by atoms with Gasteiger partial charge in [0.25, 0.3) is 0 Å². The van der Waals surface area contributed by atoms with Gasteiger partial charge >= 0.3 is 0 Å². The van der Waals surface area contributed by atoms with E-state index in [-0.39, 0.29) is 0 Å². The molecule has 0 aliphatic rings. The second kappa shape index (κ2) is 4.83. The van der Waals surface area contributed by atoms with Crippen molar-refractivity contribution in [3.05, 3.63) is 28.7 Å². The van der Waals surface area contributed by atoms with E-state index in [1.54, 1.807) is 0 Å². The van der Waals surface area contributed by atoms with E-state index < -0.39 is 0 Å². The average Bonchev–Trinajstić information content (AvgIpc) is 2.01. The smallest absolute Gasteiger partial charge is 0.0351 e. The average molecular weight is 256 g/mol. The molecule has 1 nitrogen and oxygen atoms in total. The normalized spacial score (nSPS) is 11.4. The molecule has 0 atom stereocenters. The molecule has 0 saturated heterocycles. The van der Waals surface area contributed by atoms with Crippen LogP contribution in [0.4, 0.5) is 5.69 Å². The zero-order valence-corrected chi connectivity index (χ0v) is 10.7. The molecule has 0 spiro atoms. The number of anilines is 1. The molecule has 0 aliphatic carbocycles. The zero-order valence-electron chi connectivity index (χ0n) is 9.10. The van der Waals surface area contributed by atoms with E-state index in [1.807, 2.05) is 12.1 Å². The van der Waals surface area contributed by atoms with Gasteiger partial charge in [0.2, 0.25) is 0 Å². The summed E-state index contributed by atoms with van der Waals surface area (Å²) in [6.45, 7) is 7.81. The molecule has 0 aliphatic heterocycles. The van der Waals surface area contributed by atoms with Gasteiger partial charge in [0.1, 0.15) is 0 Å². The van der Waals surface area contributed by atoms with Gasteiger partial charge in [-0.2, -0.15) is 0 Å². The largest absolute Gasteiger partial charge is 0.385 e. The molecule has 14 heavy (non-hydrogen) atoms. The van der Waals surface area contributed by atoms with Crippen LogP contribution in [0.15, 0.2) is 28.7 Å². The molecular formula is C12H18BrN. The van der Waals surface area contributed by atoms with Crippen LogP contribution in [0.2, 0.25) is 0 Å². The molecule has 1 N–H and O–H groups in total. The van der Waals surface area contributed by atoms with Crippen LogP contribution in [-0.4, -0.2) is 6.54 Å². The van der Waals surface area contributed by atoms with Crippen LogP contribution < -0.4 is 5.32 Å². The predicted molar refractivity (Wildman–Crippen MR) is 66.7 cm³/mol. The predicted octanol–water partition coefficient (Wildman–Crippen LogP) is 4.30. The quantitative estimate of drug-likeness (QED) is 0.850. The van der Waals surface area contributed by atoms with Gasteiger partial charge < -0.3 is 5.32 Å². The van der Waals surface area contributed by atoms with Crippen LogP contribution in [-0.2, 0) is 0 Å². The maximum Gasteiger partial charge on any atom is 0.0351 e. The van der Waals surface area contributed by atoms with Gasteiger partial charge in [-0.1, -0.05) is 42.8 Å². The minimum absolute atomic E-state index is 0.402. The SMILES string of the molecule is CC(C)(C)CCNc1cccc(Br)c1. The fourth-order valence-corrected chi connectivity index (χ4v) is 1.58. The molecule has 0 unspecified atom stereocenters. The number of hydrogen-bond acceptors (Lipinski definition) is 1. The number of hydrogen-bond donors (Lipinski definition) is 1. The van der Waals surface area contributed by atoms with Gasteiger partial charge in [-0.3, -0.25) is 0 Å². The lowest BCUT2D eigenvalue weighted by molar-refractivity contribution is 0.390. The van der Waals surface area contributed by atoms with Gasteiger partial charge in [-0.15, -0.1) is 0 Å². The summed E-state index contributed by atoms with van der Waals surface area (Å²) in [5.74, 6) is 0. The van der Waals surface area contributed by atoms with E-state index in [9.17, 15) is 0 Å². The lowest BCUT2D eigenvalue weighted by Crippen LogP contribution is -2.12. The second-order valence-electron chi connectivity index (χ2n) is 4.75. The highest BCUT2D eigenvalue weighted by Crippen LogP contribution is 2.20. The summed E-state index contributed by atoms with van der Waals surface area (Å²) in [6.07, 6.45) is 1.18. The standard InChI is InChI=1S/C12H18BrN/c1-12(2,3)7-8-14-11-6-4-5-10(13)9-11/h4-6,9,14H,7-8H2,1-3H3. The van der Waals surface area contributed by atoms with Crippen molar-refractivity contribution in [2.75, 3.05) is 11.9 Å². The van der Waals surface area contributed by atoms with Crippen LogP contribution >= 0.6 is 15.9 Å². The van der Waals surface area contributed by atoms with Crippen LogP contribution in [0.1, 0.15) is 27.2 Å². The molecule has 1 rings (SSSR count). The van der Waals surface area contributed by atoms with E-state index in [1.165, 1.54) is 12.1 Å². The van der Waals surface area contributed by atoms with E-state index in [0.29, 0.717) is 5.41 Å². The summed E-state index contributed by atoms with van der Waals surface area (Å²) in [5.41, 5.74) is 1.59. The van der Waals surface area contributed by atoms with Gasteiger partial charge in [-0.25, -0.2) is 0 Å². The first-order valence-corrected chi connectivity index (χ1v) is 5.76. The Morgan fingerprint density at radius 3 is 2.57 bits per heavy atom. The van der Waals surface area contributed by atoms with E-state index in [0.717, 1.165) is 11.0 Å². The van der Waals surface area contributed by atoms with Gasteiger partial charge in [-0.05, 0) is 30.0 Å². The minimum Gasteiger partial charge on any atom is -0.385 e. The van der Waals surface area contributed by atoms with Crippen molar-refractivity contribution in [3.63, 3.8) is 0 Å². The van der Waals surface area contributed by atoms with Gasteiger partial charge in [0.05, 0.1) is 0 Å². The molecule has 1 aromatic carbocycles. The number of rotatable bonds is 3. The first kappa shape index (κ1) is 11.6. The zero-order chi connectivity index (χ0) is 10.6. The monoisotopic (exact) mass is 255 g/mol. The summed E-state index contributed by atoms with van der Waals surface area (Å²) in [7, 11) is 0. The van der Waals surface area contributed by atoms with E-state index in [4.69, 9.17) is 0 Å². The molecular weight excluding hydrogens is 238 g/mol. The third kappa shape index (κ3) is 4.66. The minimum atomic E-state index is 0.402. The Morgan fingerprint density at radius 2 is 2.00 bits per heavy atom. The second-order valence-corrected chi connectivity index (χ2v) is 5.66. The first-order valence-electron chi connectivity index (χ1n) is 4.97. The highest BCUT2D eigenvalue weighted by Gasteiger charge is 2.08. The highest BCUT2D eigenvalue weighted by molar-refractivity contribution is 9.10. The third-order valence-electron chi connectivity index (χ3n) is 2.03. The van der Waals surface area contributed by atoms with Crippen LogP contribution in [0.3, 0.4) is 0 Å². The maximum atomic E-state index is 3.45. The Bertz CT molecular complexity index is 289. The molecule has 0 amide bonds. The van der Waals surface area contributed by atoms with E-state index >= 15 is 0 Å². The highest BCUT2D eigenvalue weighted by atomic mass is 79.9. The Hall–Kier alpha value is -0.500. The lowest BCUT2D eigenvalue weighted by Gasteiger charge is -2.18. The van der Waals surface area contributed by atoms with Crippen LogP contribution in [0.5, 0.6) is 0 Å². The van der Waals surface area contributed by atoms with Crippen LogP contribution in [0.25, 0.3) is 0 Å². The van der Waals surface area contributed by atoms with Crippen LogP contribution in [0, 0.1) is 5.41 Å². The van der Waals surface area contributed by atoms with Crippen molar-refractivity contribution in [1.82, 2.24) is 0 Å². The Kier molecular flexibility index (Phi) is 3.99. The molecule has 0 aromatic heterocycles. The summed E-state index contributed by atoms with van der Waals surface area (Å²) >= 11 is 3.45. The fraction of sp³-hybridized carbons (Fsp3) is 0.500. The number of benzene rings is 1. The van der Waals surface area contributed by atoms with Crippen molar-refractivity contribution < 1.29 is 0 Å². The van der Waals surface area contributed by atoms with Gasteiger partial charge in [0.15, 0.2) is 0 Å². The Balaban J connectivity index is 2.39. The molecule has 0 radical (unpaired) electrons. The summed E-state index contributed by atoms with van der Waals surface area (Å²) in [6, 6.07) is 8.27. The summed E-state index contributed by atoms with van der Waals surface area (Å²) < 4.78 is 1.12. The van der Waals surface area contributed by atoms with Crippen molar-refractivity contribution >= 4 is 21.6 Å². The molecule has 0 heterocycles. The molecule has 2 heteroatoms. The van der Waals surface area contributed by atoms with Crippen molar-refractivity contribution in [3.8, 4) is 0 Å². The van der Waals surface area contributed by atoms with Crippen molar-refractivity contribution in [2.45, 2.75) is 27.2 Å². The molecule has 0 saturated carbocycles. The van der Waals surface area contributed by atoms with Crippen molar-refractivity contribution in [2.24, 2.45) is 5.41 Å². The molecule has 78 valence electrons. The summed E-state index contributed by atoms with van der Waals surface area (Å²) in [5, 5.41) is 3.41. The first-order chi connectivity index (χ1) is 6.47. The Morgan fingerprint density at radius 1 is 1.29 bits per heavy atom. The molecule has 1 aromatic rings. The molecule has 0 bridgehead atoms. The number of nitrogens with one attached hydrogen (secondary N) is 1. The number of halogens is 1. The Labute approximate surface area is 95.0 Å². The summed E-state index contributed by atoms with van der Waals surface area (Å²) in [4.78, 5) is 0.